The Morgan fingerprint density at radius 1 is 1.88 bits per heavy atom. The lowest BCUT2D eigenvalue weighted by molar-refractivity contribution is -0.323. The first-order chi connectivity index (χ1) is 3.50. The third-order valence-corrected chi connectivity index (χ3v) is 1.13. The molecule has 0 aliphatic heterocycles. The molecule has 3 nitrogen and oxygen atoms in total. The van der Waals surface area contributed by atoms with E-state index in [2.05, 4.69) is 0 Å². The number of carbonyl (C=O) groups excluding carboxylic acids is 1. The lowest BCUT2D eigenvalue weighted by Crippen LogP contribution is -2.45. The standard InChI is InChI=1S/C5H10O3/c1-3-5(2,8)4(6)7/h8H,3H2,1-2H3,(H,6,7)/p-1/t5-/m1/s1. The molecule has 0 aromatic carbocycles. The molecule has 0 bridgehead atoms. The molecule has 48 valence electrons. The Kier molecular flexibility index (Phi) is 1.98. The van der Waals surface area contributed by atoms with Crippen LogP contribution in [-0.4, -0.2) is 16.7 Å². The first kappa shape index (κ1) is 7.43. The minimum atomic E-state index is -1.65. The summed E-state index contributed by atoms with van der Waals surface area (Å²) in [6.07, 6.45) is 0.176. The predicted octanol–water partition coefficient (Wildman–Crippen LogP) is -1.10. The molecule has 3 heteroatoms. The Morgan fingerprint density at radius 3 is 2.25 bits per heavy atom. The van der Waals surface area contributed by atoms with Crippen LogP contribution < -0.4 is 5.11 Å². The van der Waals surface area contributed by atoms with Crippen LogP contribution in [0.4, 0.5) is 0 Å². The fraction of sp³-hybridized carbons (Fsp3) is 0.800. The third-order valence-electron chi connectivity index (χ3n) is 1.13. The van der Waals surface area contributed by atoms with Crippen molar-refractivity contribution >= 4 is 5.97 Å². The van der Waals surface area contributed by atoms with Gasteiger partial charge in [0.1, 0.15) is 5.60 Å². The number of aliphatic carboxylic acids is 1. The van der Waals surface area contributed by atoms with Gasteiger partial charge in [0, 0.05) is 0 Å². The SMILES string of the molecule is CC[C@@](C)(O)C(=O)[O-]. The summed E-state index contributed by atoms with van der Waals surface area (Å²) in [6, 6.07) is 0. The number of hydrogen-bond acceptors (Lipinski definition) is 3. The molecular weight excluding hydrogens is 108 g/mol. The van der Waals surface area contributed by atoms with E-state index in [1.165, 1.54) is 6.92 Å². The summed E-state index contributed by atoms with van der Waals surface area (Å²) in [5.41, 5.74) is -1.65. The average molecular weight is 117 g/mol. The highest BCUT2D eigenvalue weighted by atomic mass is 16.4. The summed E-state index contributed by atoms with van der Waals surface area (Å²) in [5.74, 6) is -1.42. The molecule has 0 saturated carbocycles. The van der Waals surface area contributed by atoms with Crippen molar-refractivity contribution in [3.05, 3.63) is 0 Å². The quantitative estimate of drug-likeness (QED) is 0.499. The van der Waals surface area contributed by atoms with E-state index >= 15 is 0 Å². The number of carbonyl (C=O) groups is 1. The highest BCUT2D eigenvalue weighted by molar-refractivity contribution is 5.74. The Balaban J connectivity index is 3.91. The van der Waals surface area contributed by atoms with Crippen molar-refractivity contribution in [2.45, 2.75) is 25.9 Å². The Labute approximate surface area is 47.9 Å². The molecule has 0 aromatic heterocycles. The summed E-state index contributed by atoms with van der Waals surface area (Å²) in [4.78, 5) is 9.89. The number of rotatable bonds is 2. The van der Waals surface area contributed by atoms with Crippen LogP contribution in [0.1, 0.15) is 20.3 Å². The third kappa shape index (κ3) is 1.50. The molecule has 0 saturated heterocycles. The Bertz CT molecular complexity index is 95.8. The molecule has 1 atom stereocenters. The molecule has 0 rings (SSSR count). The summed E-state index contributed by atoms with van der Waals surface area (Å²) in [5, 5.41) is 18.6. The van der Waals surface area contributed by atoms with E-state index in [1.807, 2.05) is 0 Å². The molecule has 0 amide bonds. The number of carboxylic acid groups (broad SMARTS) is 1. The van der Waals surface area contributed by atoms with Crippen LogP contribution in [0, 0.1) is 0 Å². The highest BCUT2D eigenvalue weighted by Crippen LogP contribution is 2.04. The number of aliphatic hydroxyl groups is 1. The second kappa shape index (κ2) is 2.13. The van der Waals surface area contributed by atoms with E-state index in [9.17, 15) is 9.90 Å². The van der Waals surface area contributed by atoms with Gasteiger partial charge in [0.2, 0.25) is 0 Å². The molecule has 0 heterocycles. The topological polar surface area (TPSA) is 60.4 Å². The van der Waals surface area contributed by atoms with Crippen molar-refractivity contribution in [3.63, 3.8) is 0 Å². The zero-order valence-electron chi connectivity index (χ0n) is 4.97. The second-order valence-corrected chi connectivity index (χ2v) is 1.91. The van der Waals surface area contributed by atoms with E-state index in [0.29, 0.717) is 0 Å². The fourth-order valence-corrected chi connectivity index (χ4v) is 0.144. The lowest BCUT2D eigenvalue weighted by atomic mass is 10.1. The molecular formula is C5H9O3-. The van der Waals surface area contributed by atoms with Gasteiger partial charge >= 0.3 is 0 Å². The molecule has 0 radical (unpaired) electrons. The second-order valence-electron chi connectivity index (χ2n) is 1.91. The van der Waals surface area contributed by atoms with Gasteiger partial charge in [-0.1, -0.05) is 6.92 Å². The van der Waals surface area contributed by atoms with Crippen molar-refractivity contribution < 1.29 is 15.0 Å². The summed E-state index contributed by atoms with van der Waals surface area (Å²) in [6.45, 7) is 2.79. The predicted molar refractivity (Wildman–Crippen MR) is 25.9 cm³/mol. The van der Waals surface area contributed by atoms with Crippen LogP contribution >= 0.6 is 0 Å². The largest absolute Gasteiger partial charge is 0.547 e. The molecule has 0 fully saturated rings. The molecule has 0 spiro atoms. The number of hydrogen-bond donors (Lipinski definition) is 1. The lowest BCUT2D eigenvalue weighted by Gasteiger charge is -2.21. The smallest absolute Gasteiger partial charge is 0.101 e. The highest BCUT2D eigenvalue weighted by Gasteiger charge is 2.17. The van der Waals surface area contributed by atoms with Crippen LogP contribution in [0.3, 0.4) is 0 Å². The normalized spacial score (nSPS) is 17.4. The van der Waals surface area contributed by atoms with Gasteiger partial charge in [0.15, 0.2) is 0 Å². The summed E-state index contributed by atoms with van der Waals surface area (Å²) in [7, 11) is 0. The van der Waals surface area contributed by atoms with E-state index in [1.54, 1.807) is 6.92 Å². The molecule has 0 aromatic rings. The van der Waals surface area contributed by atoms with Gasteiger partial charge in [-0.05, 0) is 13.3 Å². The van der Waals surface area contributed by atoms with Crippen LogP contribution in [-0.2, 0) is 4.79 Å². The monoisotopic (exact) mass is 117 g/mol. The maximum Gasteiger partial charge on any atom is 0.101 e. The van der Waals surface area contributed by atoms with Gasteiger partial charge in [-0.15, -0.1) is 0 Å². The van der Waals surface area contributed by atoms with Crippen molar-refractivity contribution in [1.29, 1.82) is 0 Å². The zero-order chi connectivity index (χ0) is 6.78. The van der Waals surface area contributed by atoms with E-state index in [0.717, 1.165) is 0 Å². The van der Waals surface area contributed by atoms with Gasteiger partial charge in [0.25, 0.3) is 0 Å². The van der Waals surface area contributed by atoms with Crippen LogP contribution in [0.25, 0.3) is 0 Å². The van der Waals surface area contributed by atoms with Gasteiger partial charge in [-0.25, -0.2) is 0 Å². The number of carboxylic acids is 1. The maximum atomic E-state index is 9.89. The first-order valence-corrected chi connectivity index (χ1v) is 2.44. The van der Waals surface area contributed by atoms with Gasteiger partial charge < -0.3 is 15.0 Å². The minimum absolute atomic E-state index is 0.176. The minimum Gasteiger partial charge on any atom is -0.547 e. The maximum absolute atomic E-state index is 9.89. The van der Waals surface area contributed by atoms with E-state index in [4.69, 9.17) is 5.11 Å². The Morgan fingerprint density at radius 2 is 2.25 bits per heavy atom. The van der Waals surface area contributed by atoms with Crippen molar-refractivity contribution in [2.75, 3.05) is 0 Å². The fourth-order valence-electron chi connectivity index (χ4n) is 0.144. The van der Waals surface area contributed by atoms with E-state index < -0.39 is 11.6 Å². The average Bonchev–Trinajstić information content (AvgIpc) is 1.67. The molecule has 0 aliphatic rings. The molecule has 0 aliphatic carbocycles. The van der Waals surface area contributed by atoms with Gasteiger partial charge in [-0.2, -0.15) is 0 Å². The zero-order valence-corrected chi connectivity index (χ0v) is 4.97. The van der Waals surface area contributed by atoms with Crippen molar-refractivity contribution in [1.82, 2.24) is 0 Å². The molecule has 1 N–H and O–H groups in total. The van der Waals surface area contributed by atoms with Crippen LogP contribution in [0.2, 0.25) is 0 Å². The van der Waals surface area contributed by atoms with Crippen LogP contribution in [0.5, 0.6) is 0 Å². The Hall–Kier alpha value is -0.570. The van der Waals surface area contributed by atoms with Crippen LogP contribution in [0.15, 0.2) is 0 Å². The molecule has 0 unspecified atom stereocenters. The van der Waals surface area contributed by atoms with Gasteiger partial charge in [0.05, 0.1) is 5.97 Å². The molecule has 8 heavy (non-hydrogen) atoms. The summed E-state index contributed by atoms with van der Waals surface area (Å²) >= 11 is 0. The van der Waals surface area contributed by atoms with Crippen molar-refractivity contribution in [3.8, 4) is 0 Å². The van der Waals surface area contributed by atoms with E-state index in [-0.39, 0.29) is 6.42 Å². The summed E-state index contributed by atoms with van der Waals surface area (Å²) < 4.78 is 0. The van der Waals surface area contributed by atoms with Crippen molar-refractivity contribution in [2.24, 2.45) is 0 Å². The first-order valence-electron chi connectivity index (χ1n) is 2.44. The van der Waals surface area contributed by atoms with Gasteiger partial charge in [-0.3, -0.25) is 0 Å².